The largest absolute Gasteiger partial charge is 0.451 e. The molecule has 25 heavy (non-hydrogen) atoms. The van der Waals surface area contributed by atoms with E-state index in [4.69, 9.17) is 0 Å². The molecule has 0 saturated heterocycles. The van der Waals surface area contributed by atoms with Gasteiger partial charge >= 0.3 is 6.18 Å². The number of nitrogens with zero attached hydrogens (tertiary/aromatic N) is 4. The summed E-state index contributed by atoms with van der Waals surface area (Å²) in [6.45, 7) is 0. The number of aromatic nitrogens is 5. The van der Waals surface area contributed by atoms with Crippen molar-refractivity contribution in [1.29, 1.82) is 0 Å². The zero-order valence-electron chi connectivity index (χ0n) is 12.3. The lowest BCUT2D eigenvalue weighted by Crippen LogP contribution is -2.21. The van der Waals surface area contributed by atoms with Gasteiger partial charge in [-0.15, -0.1) is 11.3 Å². The van der Waals surface area contributed by atoms with Gasteiger partial charge in [-0.1, -0.05) is 0 Å². The van der Waals surface area contributed by atoms with Crippen molar-refractivity contribution in [3.63, 3.8) is 0 Å². The second-order valence-electron chi connectivity index (χ2n) is 5.09. The fraction of sp³-hybridized carbons (Fsp3) is 0.0667. The van der Waals surface area contributed by atoms with Crippen LogP contribution in [-0.2, 0) is 6.18 Å². The highest BCUT2D eigenvalue weighted by molar-refractivity contribution is 7.07. The molecule has 4 heterocycles. The Morgan fingerprint density at radius 2 is 2.04 bits per heavy atom. The van der Waals surface area contributed by atoms with Gasteiger partial charge in [0.2, 0.25) is 5.82 Å². The van der Waals surface area contributed by atoms with E-state index in [-0.39, 0.29) is 11.4 Å². The number of thiazole rings is 1. The van der Waals surface area contributed by atoms with Crippen molar-refractivity contribution in [2.45, 2.75) is 6.18 Å². The molecule has 0 saturated carbocycles. The Morgan fingerprint density at radius 3 is 2.76 bits per heavy atom. The van der Waals surface area contributed by atoms with E-state index in [1.807, 2.05) is 0 Å². The summed E-state index contributed by atoms with van der Waals surface area (Å²) in [6.07, 6.45) is -2.08. The molecule has 0 radical (unpaired) electrons. The van der Waals surface area contributed by atoms with Crippen LogP contribution in [0.5, 0.6) is 0 Å². The van der Waals surface area contributed by atoms with E-state index in [2.05, 4.69) is 19.9 Å². The van der Waals surface area contributed by atoms with Gasteiger partial charge < -0.3 is 4.98 Å². The number of hydrogen-bond acceptors (Lipinski definition) is 5. The minimum atomic E-state index is -4.68. The maximum Gasteiger partial charge on any atom is 0.451 e. The summed E-state index contributed by atoms with van der Waals surface area (Å²) in [5, 5.41) is 2.20. The molecule has 0 aliphatic heterocycles. The molecule has 0 atom stereocenters. The van der Waals surface area contributed by atoms with Gasteiger partial charge in [0, 0.05) is 23.2 Å². The molecular formula is C15H8F3N5OS. The maximum atomic E-state index is 12.9. The summed E-state index contributed by atoms with van der Waals surface area (Å²) < 4.78 is 40.0. The van der Waals surface area contributed by atoms with Crippen molar-refractivity contribution in [2.24, 2.45) is 0 Å². The summed E-state index contributed by atoms with van der Waals surface area (Å²) in [5.41, 5.74) is 1.63. The molecule has 4 aromatic heterocycles. The highest BCUT2D eigenvalue weighted by atomic mass is 32.1. The third-order valence-corrected chi connectivity index (χ3v) is 4.12. The van der Waals surface area contributed by atoms with Gasteiger partial charge in [0.05, 0.1) is 16.9 Å². The van der Waals surface area contributed by atoms with Crippen molar-refractivity contribution < 1.29 is 13.2 Å². The van der Waals surface area contributed by atoms with E-state index in [0.29, 0.717) is 16.7 Å². The van der Waals surface area contributed by atoms with E-state index >= 15 is 0 Å². The Bertz CT molecular complexity index is 1110. The van der Waals surface area contributed by atoms with Crippen LogP contribution in [0.2, 0.25) is 0 Å². The lowest BCUT2D eigenvalue weighted by Gasteiger charge is -2.12. The smallest absolute Gasteiger partial charge is 0.357 e. The molecule has 0 spiro atoms. The fourth-order valence-electron chi connectivity index (χ4n) is 2.49. The number of rotatable bonds is 2. The number of halogens is 3. The third-order valence-electron chi connectivity index (χ3n) is 3.55. The second-order valence-corrected chi connectivity index (χ2v) is 5.81. The number of fused-ring (bicyclic) bond motifs is 1. The van der Waals surface area contributed by atoms with Gasteiger partial charge in [0.15, 0.2) is 5.82 Å². The average Bonchev–Trinajstić information content (AvgIpc) is 3.25. The lowest BCUT2D eigenvalue weighted by atomic mass is 10.2. The predicted molar refractivity (Wildman–Crippen MR) is 85.6 cm³/mol. The zero-order valence-corrected chi connectivity index (χ0v) is 13.1. The molecule has 0 bridgehead atoms. The molecule has 4 aromatic rings. The van der Waals surface area contributed by atoms with Crippen molar-refractivity contribution >= 4 is 22.2 Å². The minimum Gasteiger partial charge on any atom is -0.357 e. The molecule has 10 heteroatoms. The molecule has 1 N–H and O–H groups in total. The van der Waals surface area contributed by atoms with Gasteiger partial charge in [-0.2, -0.15) is 13.2 Å². The first kappa shape index (κ1) is 15.5. The predicted octanol–water partition coefficient (Wildman–Crippen LogP) is 3.25. The first-order chi connectivity index (χ1) is 11.9. The number of hydrogen-bond donors (Lipinski definition) is 1. The molecule has 126 valence electrons. The van der Waals surface area contributed by atoms with Gasteiger partial charge in [-0.3, -0.25) is 9.36 Å². The summed E-state index contributed by atoms with van der Waals surface area (Å²) in [4.78, 5) is 26.6. The van der Waals surface area contributed by atoms with Crippen LogP contribution in [0.1, 0.15) is 5.82 Å². The van der Waals surface area contributed by atoms with E-state index in [1.54, 1.807) is 23.7 Å². The topological polar surface area (TPSA) is 76.5 Å². The van der Waals surface area contributed by atoms with Crippen molar-refractivity contribution in [3.8, 4) is 17.2 Å². The van der Waals surface area contributed by atoms with Gasteiger partial charge in [-0.25, -0.2) is 15.0 Å². The van der Waals surface area contributed by atoms with Crippen LogP contribution in [0.3, 0.4) is 0 Å². The quantitative estimate of drug-likeness (QED) is 0.593. The third kappa shape index (κ3) is 2.60. The average molecular weight is 363 g/mol. The molecule has 4 rings (SSSR count). The zero-order chi connectivity index (χ0) is 17.6. The van der Waals surface area contributed by atoms with Crippen LogP contribution in [0.25, 0.3) is 28.1 Å². The Morgan fingerprint density at radius 1 is 1.20 bits per heavy atom. The summed E-state index contributed by atoms with van der Waals surface area (Å²) in [5.74, 6) is -0.954. The Kier molecular flexibility index (Phi) is 3.42. The Labute approximate surface area is 141 Å². The van der Waals surface area contributed by atoms with Crippen LogP contribution in [-0.4, -0.2) is 24.5 Å². The lowest BCUT2D eigenvalue weighted by molar-refractivity contribution is -0.144. The molecule has 0 amide bonds. The monoisotopic (exact) mass is 363 g/mol. The van der Waals surface area contributed by atoms with Gasteiger partial charge in [-0.05, 0) is 18.2 Å². The molecule has 0 aliphatic rings. The molecule has 0 aromatic carbocycles. The van der Waals surface area contributed by atoms with Crippen molar-refractivity contribution in [3.05, 3.63) is 57.7 Å². The van der Waals surface area contributed by atoms with Gasteiger partial charge in [0.1, 0.15) is 5.52 Å². The van der Waals surface area contributed by atoms with Gasteiger partial charge in [0.25, 0.3) is 5.56 Å². The fourth-order valence-corrected chi connectivity index (χ4v) is 3.01. The number of nitrogens with one attached hydrogen (secondary N) is 1. The highest BCUT2D eigenvalue weighted by Crippen LogP contribution is 2.29. The van der Waals surface area contributed by atoms with Crippen LogP contribution in [0.4, 0.5) is 13.2 Å². The molecule has 0 aliphatic carbocycles. The number of alkyl halides is 3. The van der Waals surface area contributed by atoms with E-state index in [9.17, 15) is 18.0 Å². The van der Waals surface area contributed by atoms with E-state index in [0.717, 1.165) is 6.20 Å². The molecule has 0 unspecified atom stereocenters. The summed E-state index contributed by atoms with van der Waals surface area (Å²) in [7, 11) is 0. The first-order valence-electron chi connectivity index (χ1n) is 6.97. The van der Waals surface area contributed by atoms with E-state index in [1.165, 1.54) is 27.5 Å². The minimum absolute atomic E-state index is 0.0180. The first-order valence-corrected chi connectivity index (χ1v) is 7.92. The number of H-pyrrole nitrogens is 1. The van der Waals surface area contributed by atoms with Crippen LogP contribution in [0.15, 0.2) is 46.3 Å². The van der Waals surface area contributed by atoms with Crippen molar-refractivity contribution in [1.82, 2.24) is 24.5 Å². The highest BCUT2D eigenvalue weighted by Gasteiger charge is 2.35. The van der Waals surface area contributed by atoms with Crippen LogP contribution < -0.4 is 5.56 Å². The van der Waals surface area contributed by atoms with Crippen LogP contribution >= 0.6 is 11.3 Å². The van der Waals surface area contributed by atoms with E-state index < -0.39 is 17.6 Å². The standard InChI is InChI=1S/C15H8F3N5OS/c16-15(17,18)14-20-4-2-9(22-14)10-5-8-1-3-19-12(8)13(24)23(10)11-6-25-7-21-11/h1-7,19H. The molecule has 0 fully saturated rings. The number of pyridine rings is 1. The normalized spacial score (nSPS) is 12.0. The SMILES string of the molecule is O=c1c2[nH]ccc2cc(-c2ccnc(C(F)(F)F)n2)n1-c1cscn1. The van der Waals surface area contributed by atoms with Crippen molar-refractivity contribution in [2.75, 3.05) is 0 Å². The molecule has 6 nitrogen and oxygen atoms in total. The Hall–Kier alpha value is -3.01. The number of aromatic amines is 1. The Balaban J connectivity index is 2.05. The summed E-state index contributed by atoms with van der Waals surface area (Å²) >= 11 is 1.27. The van der Waals surface area contributed by atoms with Crippen LogP contribution in [0, 0.1) is 0 Å². The molecular weight excluding hydrogens is 355 g/mol. The second kappa shape index (κ2) is 5.52. The summed E-state index contributed by atoms with van der Waals surface area (Å²) in [6, 6.07) is 4.58. The maximum absolute atomic E-state index is 12.9.